The Labute approximate surface area is 301 Å². The van der Waals surface area contributed by atoms with Crippen molar-refractivity contribution in [1.29, 1.82) is 0 Å². The number of allylic oxidation sites excluding steroid dienone is 2. The fourth-order valence-electron chi connectivity index (χ4n) is 5.16. The lowest BCUT2D eigenvalue weighted by atomic mass is 9.78. The van der Waals surface area contributed by atoms with Crippen LogP contribution in [0.15, 0.2) is 12.2 Å². The van der Waals surface area contributed by atoms with Crippen molar-refractivity contribution in [3.8, 4) is 0 Å². The van der Waals surface area contributed by atoms with Crippen molar-refractivity contribution in [3.63, 3.8) is 0 Å². The molecule has 0 amide bonds. The van der Waals surface area contributed by atoms with E-state index in [0.717, 1.165) is 65.7 Å². The average Bonchev–Trinajstić information content (AvgIpc) is 3.27. The molecule has 1 rings (SSSR count). The molecule has 0 N–H and O–H groups in total. The predicted octanol–water partition coefficient (Wildman–Crippen LogP) is 14.3. The molecule has 0 spiro atoms. The maximum Gasteiger partial charge on any atom is 0.309 e. The molecule has 0 aliphatic heterocycles. The molecule has 260 valence electrons. The van der Waals surface area contributed by atoms with Gasteiger partial charge in [-0.1, -0.05) is 57.2 Å². The number of hydrogen-bond acceptors (Lipinski definition) is 5. The Bertz CT molecular complexity index is 816. The lowest BCUT2D eigenvalue weighted by Gasteiger charge is -2.38. The highest BCUT2D eigenvalue weighted by Gasteiger charge is 2.46. The monoisotopic (exact) mass is 928 g/mol. The normalized spacial score (nSPS) is 23.0. The number of hydrogen-bond donors (Lipinski definition) is 0. The van der Waals surface area contributed by atoms with Crippen LogP contribution in [0.25, 0.3) is 0 Å². The van der Waals surface area contributed by atoms with Gasteiger partial charge in [-0.2, -0.15) is 0 Å². The van der Waals surface area contributed by atoms with E-state index in [1.807, 2.05) is 0 Å². The van der Waals surface area contributed by atoms with Crippen LogP contribution >= 0.6 is 141 Å². The second-order valence-corrected chi connectivity index (χ2v) is 58.4. The summed E-state index contributed by atoms with van der Waals surface area (Å²) < 4.78 is 25.3. The van der Waals surface area contributed by atoms with Gasteiger partial charge in [0.15, 0.2) is 0 Å². The van der Waals surface area contributed by atoms with Gasteiger partial charge in [0.25, 0.3) is 0 Å². The van der Waals surface area contributed by atoms with E-state index in [1.54, 1.807) is 0 Å². The predicted molar refractivity (Wildman–Crippen MR) is 249 cm³/mol. The van der Waals surface area contributed by atoms with E-state index in [1.165, 1.54) is 0 Å². The van der Waals surface area contributed by atoms with Gasteiger partial charge in [-0.15, -0.1) is 62.5 Å². The van der Waals surface area contributed by atoms with Gasteiger partial charge < -0.3 is 18.1 Å². The molecule has 5 nitrogen and oxygen atoms in total. The molecular formula is C22H57O5P17. The largest absolute Gasteiger partial charge is 0.437 e. The summed E-state index contributed by atoms with van der Waals surface area (Å²) in [4.78, 5) is 11.8. The minimum absolute atomic E-state index is 0.0939. The third kappa shape index (κ3) is 19.1. The first-order valence-corrected chi connectivity index (χ1v) is 41.5. The number of unbranched alkanes of at least 4 members (excludes halogenated alkanes) is 3. The highest BCUT2D eigenvalue weighted by atomic mass is 33.0. The molecule has 0 aromatic rings. The Morgan fingerprint density at radius 3 is 2.14 bits per heavy atom. The van der Waals surface area contributed by atoms with Gasteiger partial charge in [-0.05, 0) is 91.1 Å². The van der Waals surface area contributed by atoms with Crippen LogP contribution < -0.4 is 0 Å². The summed E-state index contributed by atoms with van der Waals surface area (Å²) >= 11 is 0. The molecule has 0 bridgehead atoms. The Kier molecular flexibility index (Phi) is 29.8. The molecule has 0 aromatic heterocycles. The van der Waals surface area contributed by atoms with Crippen molar-refractivity contribution < 1.29 is 22.9 Å². The zero-order valence-corrected chi connectivity index (χ0v) is 44.0. The summed E-state index contributed by atoms with van der Waals surface area (Å²) in [5, 5.41) is 0. The van der Waals surface area contributed by atoms with Crippen molar-refractivity contribution in [3.05, 3.63) is 12.2 Å². The van der Waals surface area contributed by atoms with Crippen LogP contribution in [0, 0.1) is 17.3 Å². The summed E-state index contributed by atoms with van der Waals surface area (Å²) in [7, 11) is 27.6. The van der Waals surface area contributed by atoms with Gasteiger partial charge in [0.1, 0.15) is 7.53 Å². The first-order valence-electron chi connectivity index (χ1n) is 14.5. The Morgan fingerprint density at radius 1 is 0.955 bits per heavy atom. The third-order valence-corrected chi connectivity index (χ3v) is 50.5. The lowest BCUT2D eigenvalue weighted by molar-refractivity contribution is -0.133. The molecule has 1 aliphatic carbocycles. The highest BCUT2D eigenvalue weighted by Crippen LogP contribution is 2.98. The molecule has 0 aromatic carbocycles. The fraction of sp³-hybridized carbons (Fsp3) is 0.864. The molecule has 0 radical (unpaired) electrons. The molecule has 1 aliphatic rings. The van der Waals surface area contributed by atoms with E-state index < -0.39 is 22.6 Å². The quantitative estimate of drug-likeness (QED) is 0.0581. The molecule has 1 fully saturated rings. The van der Waals surface area contributed by atoms with Crippen LogP contribution in [0.4, 0.5) is 0 Å². The van der Waals surface area contributed by atoms with E-state index in [2.05, 4.69) is 123 Å². The van der Waals surface area contributed by atoms with E-state index in [-0.39, 0.29) is 50.7 Å². The molecular weight excluding hydrogens is 871 g/mol. The van der Waals surface area contributed by atoms with Crippen LogP contribution in [0.3, 0.4) is 0 Å². The van der Waals surface area contributed by atoms with E-state index in [4.69, 9.17) is 18.1 Å². The van der Waals surface area contributed by atoms with Crippen LogP contribution in [0.5, 0.6) is 0 Å². The Hall–Kier alpha value is 6.40. The van der Waals surface area contributed by atoms with E-state index in [9.17, 15) is 4.79 Å². The summed E-state index contributed by atoms with van der Waals surface area (Å²) in [6, 6.07) is 0. The van der Waals surface area contributed by atoms with Gasteiger partial charge in [0.05, 0.1) is 33.4 Å². The summed E-state index contributed by atoms with van der Waals surface area (Å²) in [5.74, 6) is 0.737. The Balaban J connectivity index is 3.03. The van der Waals surface area contributed by atoms with Crippen molar-refractivity contribution >= 4 is 147 Å². The zero-order valence-electron chi connectivity index (χ0n) is 26.1. The van der Waals surface area contributed by atoms with Gasteiger partial charge in [-0.3, -0.25) is 4.79 Å². The first-order chi connectivity index (χ1) is 20.7. The molecule has 17 atom stereocenters. The van der Waals surface area contributed by atoms with Gasteiger partial charge in [-0.25, -0.2) is 0 Å². The standard InChI is InChI=1S/C22H57O5P17/c1-4-22(2,3)20(26-40(38-29)42(32)33)14-13-17-16(11-9-7-5-6-8-10-12-21(23)27-39(30)31)19(15-18(17)24-28)25-41(43(34)35)44(36)37/h7,9,16-20,38H,4-6,8,10-15,28-37H2,1-3H3/b9-7+. The van der Waals surface area contributed by atoms with Crippen molar-refractivity contribution in [2.45, 2.75) is 103 Å². The van der Waals surface area contributed by atoms with Gasteiger partial charge >= 0.3 is 5.97 Å². The minimum Gasteiger partial charge on any atom is -0.437 e. The molecule has 44 heavy (non-hydrogen) atoms. The Morgan fingerprint density at radius 2 is 1.61 bits per heavy atom. The summed E-state index contributed by atoms with van der Waals surface area (Å²) in [6.45, 7) is 6.14. The van der Waals surface area contributed by atoms with Gasteiger partial charge in [0.2, 0.25) is 0 Å². The van der Waals surface area contributed by atoms with Crippen LogP contribution in [0.2, 0.25) is 0 Å². The maximum absolute atomic E-state index is 11.8. The highest BCUT2D eigenvalue weighted by molar-refractivity contribution is 8.96. The lowest BCUT2D eigenvalue weighted by Crippen LogP contribution is -2.32. The van der Waals surface area contributed by atoms with Crippen molar-refractivity contribution in [2.75, 3.05) is 0 Å². The number of carbonyl (C=O) groups excluding carboxylic acids is 1. The van der Waals surface area contributed by atoms with Crippen LogP contribution in [0.1, 0.15) is 85.0 Å². The molecule has 0 heterocycles. The molecule has 17 unspecified atom stereocenters. The number of rotatable bonds is 23. The fourth-order valence-corrected chi connectivity index (χ4v) is 59.1. The number of carbonyl (C=O) groups is 1. The average molecular weight is 928 g/mol. The van der Waals surface area contributed by atoms with Gasteiger partial charge in [0, 0.05) is 22.3 Å². The summed E-state index contributed by atoms with van der Waals surface area (Å²) in [5.41, 5.74) is 0.120. The zero-order chi connectivity index (χ0) is 33.4. The molecule has 1 saturated carbocycles. The second kappa shape index (κ2) is 27.1. The SMILES string of the molecule is CCC(C)(C)C(CCC1C(OP)CC(OP(P(P)P)P(P)P)C1C/C=C/CCCCCC(=O)OP(P)P)OP(PP)P(P)P. The second-order valence-electron chi connectivity index (χ2n) is 11.3. The minimum atomic E-state index is -0.781. The van der Waals surface area contributed by atoms with Crippen LogP contribution in [-0.2, 0) is 22.9 Å². The third-order valence-electron chi connectivity index (χ3n) is 7.90. The van der Waals surface area contributed by atoms with E-state index >= 15 is 0 Å². The van der Waals surface area contributed by atoms with Crippen molar-refractivity contribution in [2.24, 2.45) is 17.3 Å². The topological polar surface area (TPSA) is 54.0 Å². The first kappa shape index (κ1) is 48.4. The van der Waals surface area contributed by atoms with Crippen molar-refractivity contribution in [1.82, 2.24) is 0 Å². The van der Waals surface area contributed by atoms with Crippen LogP contribution in [-0.4, -0.2) is 24.3 Å². The maximum atomic E-state index is 11.8. The summed E-state index contributed by atoms with van der Waals surface area (Å²) in [6.07, 6.45) is 15.0. The molecule has 0 saturated heterocycles. The smallest absolute Gasteiger partial charge is 0.309 e. The van der Waals surface area contributed by atoms with E-state index in [0.29, 0.717) is 18.3 Å². The molecule has 22 heteroatoms.